The van der Waals surface area contributed by atoms with E-state index in [4.69, 9.17) is 4.74 Å². The minimum atomic E-state index is -3.56. The molecule has 0 spiro atoms. The molecule has 0 aliphatic carbocycles. The van der Waals surface area contributed by atoms with Crippen LogP contribution in [0.1, 0.15) is 35.3 Å². The molecule has 0 saturated carbocycles. The molecular weight excluding hydrogens is 412 g/mol. The maximum Gasteiger partial charge on any atom is 0.343 e. The number of ether oxygens (including phenoxy) is 1. The summed E-state index contributed by atoms with van der Waals surface area (Å²) in [6.07, 6.45) is 7.38. The Balaban J connectivity index is 1.65. The molecule has 2 aromatic carbocycles. The van der Waals surface area contributed by atoms with Crippen molar-refractivity contribution >= 4 is 28.1 Å². The molecule has 3 aromatic rings. The molecule has 160 valence electrons. The van der Waals surface area contributed by atoms with Gasteiger partial charge in [-0.25, -0.2) is 13.2 Å². The van der Waals surface area contributed by atoms with E-state index in [2.05, 4.69) is 4.98 Å². The van der Waals surface area contributed by atoms with Crippen LogP contribution in [0.5, 0.6) is 5.75 Å². The van der Waals surface area contributed by atoms with Crippen LogP contribution >= 0.6 is 0 Å². The monoisotopic (exact) mass is 436 g/mol. The van der Waals surface area contributed by atoms with E-state index in [1.165, 1.54) is 28.6 Å². The van der Waals surface area contributed by atoms with E-state index in [1.807, 2.05) is 36.4 Å². The lowest BCUT2D eigenvalue weighted by Gasteiger charge is -2.18. The zero-order valence-corrected chi connectivity index (χ0v) is 18.2. The van der Waals surface area contributed by atoms with Gasteiger partial charge >= 0.3 is 5.97 Å². The van der Waals surface area contributed by atoms with Gasteiger partial charge in [0, 0.05) is 25.5 Å². The minimum Gasteiger partial charge on any atom is -0.423 e. The molecule has 0 N–H and O–H groups in total. The van der Waals surface area contributed by atoms with Crippen LogP contribution in [0, 0.1) is 0 Å². The topological polar surface area (TPSA) is 76.6 Å². The van der Waals surface area contributed by atoms with Crippen molar-refractivity contribution in [1.82, 2.24) is 9.29 Å². The third kappa shape index (κ3) is 5.65. The van der Waals surface area contributed by atoms with Crippen molar-refractivity contribution in [3.05, 3.63) is 89.7 Å². The number of carbonyl (C=O) groups is 1. The van der Waals surface area contributed by atoms with Crippen LogP contribution in [0.2, 0.25) is 0 Å². The molecule has 0 amide bonds. The van der Waals surface area contributed by atoms with E-state index in [0.29, 0.717) is 18.8 Å². The zero-order chi connectivity index (χ0) is 22.3. The van der Waals surface area contributed by atoms with E-state index in [1.54, 1.807) is 38.4 Å². The van der Waals surface area contributed by atoms with Gasteiger partial charge in [-0.15, -0.1) is 0 Å². The van der Waals surface area contributed by atoms with Crippen molar-refractivity contribution in [2.45, 2.75) is 18.7 Å². The number of benzene rings is 2. The zero-order valence-electron chi connectivity index (χ0n) is 17.4. The highest BCUT2D eigenvalue weighted by Gasteiger charge is 2.21. The van der Waals surface area contributed by atoms with Gasteiger partial charge in [0.25, 0.3) is 0 Å². The van der Waals surface area contributed by atoms with E-state index in [-0.39, 0.29) is 10.5 Å². The van der Waals surface area contributed by atoms with E-state index in [0.717, 1.165) is 11.1 Å². The van der Waals surface area contributed by atoms with Gasteiger partial charge in [-0.05, 0) is 59.7 Å². The molecule has 0 radical (unpaired) electrons. The van der Waals surface area contributed by atoms with Gasteiger partial charge in [-0.1, -0.05) is 38.1 Å². The molecule has 0 unspecified atom stereocenters. The Kier molecular flexibility index (Phi) is 7.33. The Labute approximate surface area is 182 Å². The Morgan fingerprint density at radius 1 is 0.871 bits per heavy atom. The third-order valence-corrected chi connectivity index (χ3v) is 6.76. The average molecular weight is 437 g/mol. The fraction of sp³-hybridized carbons (Fsp3) is 0.167. The van der Waals surface area contributed by atoms with Crippen LogP contribution in [0.4, 0.5) is 0 Å². The highest BCUT2D eigenvalue weighted by Crippen LogP contribution is 2.19. The largest absolute Gasteiger partial charge is 0.423 e. The Morgan fingerprint density at radius 3 is 1.97 bits per heavy atom. The van der Waals surface area contributed by atoms with E-state index in [9.17, 15) is 13.2 Å². The lowest BCUT2D eigenvalue weighted by Crippen LogP contribution is -2.30. The standard InChI is InChI=1S/C24H24N2O4S/c1-3-26(4-2)31(28,29)23-13-9-21(10-14-23)24(27)30-22-11-7-19(8-12-22)5-6-20-15-17-25-18-16-20/h5-18H,3-4H2,1-2H3/b6-5+. The Hall–Kier alpha value is -3.29. The quantitative estimate of drug-likeness (QED) is 0.384. The van der Waals surface area contributed by atoms with Crippen molar-refractivity contribution in [3.63, 3.8) is 0 Å². The van der Waals surface area contributed by atoms with Gasteiger partial charge in [0.05, 0.1) is 10.5 Å². The molecule has 7 heteroatoms. The molecule has 0 aliphatic heterocycles. The molecule has 1 aromatic heterocycles. The van der Waals surface area contributed by atoms with Crippen LogP contribution in [0.3, 0.4) is 0 Å². The summed E-state index contributed by atoms with van der Waals surface area (Å²) >= 11 is 0. The molecule has 0 fully saturated rings. The number of nitrogens with zero attached hydrogens (tertiary/aromatic N) is 2. The molecule has 0 aliphatic rings. The fourth-order valence-electron chi connectivity index (χ4n) is 2.96. The van der Waals surface area contributed by atoms with E-state index >= 15 is 0 Å². The molecule has 0 atom stereocenters. The number of hydrogen-bond donors (Lipinski definition) is 0. The van der Waals surface area contributed by atoms with Crippen LogP contribution in [-0.2, 0) is 10.0 Å². The second-order valence-electron chi connectivity index (χ2n) is 6.69. The van der Waals surface area contributed by atoms with Gasteiger partial charge in [0.1, 0.15) is 5.75 Å². The second kappa shape index (κ2) is 10.1. The minimum absolute atomic E-state index is 0.151. The van der Waals surface area contributed by atoms with Crippen molar-refractivity contribution < 1.29 is 17.9 Å². The Bertz CT molecular complexity index is 1140. The van der Waals surface area contributed by atoms with Crippen LogP contribution in [0.25, 0.3) is 12.2 Å². The number of carbonyl (C=O) groups excluding carboxylic acids is 1. The first kappa shape index (κ1) is 22.4. The molecule has 3 rings (SSSR count). The first-order valence-corrected chi connectivity index (χ1v) is 11.4. The summed E-state index contributed by atoms with van der Waals surface area (Å²) in [7, 11) is -3.56. The van der Waals surface area contributed by atoms with Crippen molar-refractivity contribution in [1.29, 1.82) is 0 Å². The first-order valence-electron chi connectivity index (χ1n) is 9.94. The van der Waals surface area contributed by atoms with Crippen LogP contribution in [-0.4, -0.2) is 36.8 Å². The number of sulfonamides is 1. The van der Waals surface area contributed by atoms with Gasteiger partial charge < -0.3 is 4.74 Å². The fourth-order valence-corrected chi connectivity index (χ4v) is 4.41. The molecule has 31 heavy (non-hydrogen) atoms. The van der Waals surface area contributed by atoms with Gasteiger partial charge in [-0.2, -0.15) is 4.31 Å². The summed E-state index contributed by atoms with van der Waals surface area (Å²) in [5.41, 5.74) is 2.28. The van der Waals surface area contributed by atoms with Gasteiger partial charge in [0.2, 0.25) is 10.0 Å². The maximum atomic E-state index is 12.5. The normalized spacial score (nSPS) is 11.7. The molecule has 0 bridgehead atoms. The highest BCUT2D eigenvalue weighted by molar-refractivity contribution is 7.89. The van der Waals surface area contributed by atoms with Gasteiger partial charge in [-0.3, -0.25) is 4.98 Å². The van der Waals surface area contributed by atoms with Crippen LogP contribution < -0.4 is 4.74 Å². The molecular formula is C24H24N2O4S. The summed E-state index contributed by atoms with van der Waals surface area (Å²) in [5, 5.41) is 0. The van der Waals surface area contributed by atoms with Crippen molar-refractivity contribution in [2.75, 3.05) is 13.1 Å². The smallest absolute Gasteiger partial charge is 0.343 e. The number of pyridine rings is 1. The lowest BCUT2D eigenvalue weighted by atomic mass is 10.1. The number of hydrogen-bond acceptors (Lipinski definition) is 5. The molecule has 6 nitrogen and oxygen atoms in total. The maximum absolute atomic E-state index is 12.5. The van der Waals surface area contributed by atoms with Crippen molar-refractivity contribution in [3.8, 4) is 5.75 Å². The first-order chi connectivity index (χ1) is 14.9. The number of aromatic nitrogens is 1. The summed E-state index contributed by atoms with van der Waals surface area (Å²) < 4.78 is 31.9. The summed E-state index contributed by atoms with van der Waals surface area (Å²) in [5.74, 6) is -0.141. The van der Waals surface area contributed by atoms with Crippen molar-refractivity contribution in [2.24, 2.45) is 0 Å². The van der Waals surface area contributed by atoms with Crippen LogP contribution in [0.15, 0.2) is 78.0 Å². The second-order valence-corrected chi connectivity index (χ2v) is 8.62. The highest BCUT2D eigenvalue weighted by atomic mass is 32.2. The number of esters is 1. The Morgan fingerprint density at radius 2 is 1.42 bits per heavy atom. The number of rotatable bonds is 8. The van der Waals surface area contributed by atoms with E-state index < -0.39 is 16.0 Å². The summed E-state index contributed by atoms with van der Waals surface area (Å²) in [6, 6.07) is 16.7. The summed E-state index contributed by atoms with van der Waals surface area (Å²) in [4.78, 5) is 16.5. The lowest BCUT2D eigenvalue weighted by molar-refractivity contribution is 0.0734. The van der Waals surface area contributed by atoms with Gasteiger partial charge in [0.15, 0.2) is 0 Å². The molecule has 1 heterocycles. The average Bonchev–Trinajstić information content (AvgIpc) is 2.80. The summed E-state index contributed by atoms with van der Waals surface area (Å²) in [6.45, 7) is 4.34. The SMILES string of the molecule is CCN(CC)S(=O)(=O)c1ccc(C(=O)Oc2ccc(/C=C/c3ccncc3)cc2)cc1. The predicted molar refractivity (Wildman–Crippen MR) is 121 cm³/mol. The molecule has 0 saturated heterocycles. The third-order valence-electron chi connectivity index (χ3n) is 4.70. The predicted octanol–water partition coefficient (Wildman–Crippen LogP) is 4.50.